The zero-order chi connectivity index (χ0) is 11.8. The summed E-state index contributed by atoms with van der Waals surface area (Å²) >= 11 is 0. The maximum Gasteiger partial charge on any atom is 0.303 e. The van der Waals surface area contributed by atoms with E-state index in [0.29, 0.717) is 18.7 Å². The van der Waals surface area contributed by atoms with Gasteiger partial charge in [-0.15, -0.1) is 0 Å². The fourth-order valence-electron chi connectivity index (χ4n) is 1.35. The van der Waals surface area contributed by atoms with E-state index in [0.717, 1.165) is 18.6 Å². The van der Waals surface area contributed by atoms with Gasteiger partial charge in [-0.1, -0.05) is 6.07 Å². The monoisotopic (exact) mass is 223 g/mol. The van der Waals surface area contributed by atoms with Crippen LogP contribution in [0.3, 0.4) is 0 Å². The SMILES string of the molecule is Nc1cccc(OCCCCCC(=O)O)c1. The first-order valence-electron chi connectivity index (χ1n) is 5.38. The van der Waals surface area contributed by atoms with Crippen molar-refractivity contribution < 1.29 is 14.6 Å². The van der Waals surface area contributed by atoms with E-state index in [4.69, 9.17) is 15.6 Å². The summed E-state index contributed by atoms with van der Waals surface area (Å²) in [7, 11) is 0. The Kier molecular flexibility index (Phi) is 5.19. The van der Waals surface area contributed by atoms with Crippen molar-refractivity contribution in [3.63, 3.8) is 0 Å². The van der Waals surface area contributed by atoms with Crippen LogP contribution in [0.2, 0.25) is 0 Å². The summed E-state index contributed by atoms with van der Waals surface area (Å²) in [6, 6.07) is 7.28. The number of carbonyl (C=O) groups is 1. The fraction of sp³-hybridized carbons (Fsp3) is 0.417. The molecule has 1 rings (SSSR count). The highest BCUT2D eigenvalue weighted by Crippen LogP contribution is 2.14. The Morgan fingerprint density at radius 1 is 1.31 bits per heavy atom. The van der Waals surface area contributed by atoms with Gasteiger partial charge in [-0.3, -0.25) is 4.79 Å². The number of unbranched alkanes of at least 4 members (excludes halogenated alkanes) is 2. The number of rotatable bonds is 7. The van der Waals surface area contributed by atoms with Crippen molar-refractivity contribution in [3.05, 3.63) is 24.3 Å². The first-order chi connectivity index (χ1) is 7.68. The lowest BCUT2D eigenvalue weighted by atomic mass is 10.2. The number of nitrogen functional groups attached to an aromatic ring is 1. The molecule has 0 heterocycles. The molecule has 0 spiro atoms. The normalized spacial score (nSPS) is 10.0. The van der Waals surface area contributed by atoms with Crippen LogP contribution in [0.5, 0.6) is 5.75 Å². The van der Waals surface area contributed by atoms with Gasteiger partial charge in [0, 0.05) is 18.2 Å². The lowest BCUT2D eigenvalue weighted by Gasteiger charge is -2.06. The van der Waals surface area contributed by atoms with E-state index in [-0.39, 0.29) is 6.42 Å². The van der Waals surface area contributed by atoms with Gasteiger partial charge in [0.25, 0.3) is 0 Å². The first-order valence-corrected chi connectivity index (χ1v) is 5.38. The van der Waals surface area contributed by atoms with E-state index in [1.165, 1.54) is 0 Å². The average molecular weight is 223 g/mol. The molecule has 1 aromatic rings. The van der Waals surface area contributed by atoms with Crippen LogP contribution in [0.1, 0.15) is 25.7 Å². The van der Waals surface area contributed by atoms with E-state index in [2.05, 4.69) is 0 Å². The van der Waals surface area contributed by atoms with E-state index < -0.39 is 5.97 Å². The van der Waals surface area contributed by atoms with Gasteiger partial charge in [0.2, 0.25) is 0 Å². The van der Waals surface area contributed by atoms with Crippen LogP contribution in [0, 0.1) is 0 Å². The minimum Gasteiger partial charge on any atom is -0.494 e. The maximum absolute atomic E-state index is 10.2. The molecule has 3 N–H and O–H groups in total. The molecule has 0 radical (unpaired) electrons. The molecular formula is C12H17NO3. The van der Waals surface area contributed by atoms with Crippen LogP contribution >= 0.6 is 0 Å². The second-order valence-corrected chi connectivity index (χ2v) is 3.63. The van der Waals surface area contributed by atoms with Gasteiger partial charge in [0.05, 0.1) is 6.61 Å². The summed E-state index contributed by atoms with van der Waals surface area (Å²) in [5.74, 6) is 0.0231. The number of nitrogens with two attached hydrogens (primary N) is 1. The Labute approximate surface area is 95.0 Å². The molecule has 4 heteroatoms. The third kappa shape index (κ3) is 5.24. The first kappa shape index (κ1) is 12.4. The molecule has 0 atom stereocenters. The van der Waals surface area contributed by atoms with Gasteiger partial charge in [-0.2, -0.15) is 0 Å². The molecular weight excluding hydrogens is 206 g/mol. The number of ether oxygens (including phenoxy) is 1. The highest BCUT2D eigenvalue weighted by Gasteiger charge is 1.97. The minimum atomic E-state index is -0.739. The topological polar surface area (TPSA) is 72.5 Å². The van der Waals surface area contributed by atoms with Crippen LogP contribution in [0.15, 0.2) is 24.3 Å². The molecule has 0 saturated carbocycles. The lowest BCUT2D eigenvalue weighted by Crippen LogP contribution is -1.99. The number of aliphatic carboxylic acids is 1. The molecule has 0 aliphatic heterocycles. The van der Waals surface area contributed by atoms with Crippen LogP contribution in [0.25, 0.3) is 0 Å². The van der Waals surface area contributed by atoms with Gasteiger partial charge in [0.1, 0.15) is 5.75 Å². The molecule has 1 aromatic carbocycles. The van der Waals surface area contributed by atoms with E-state index in [9.17, 15) is 4.79 Å². The summed E-state index contributed by atoms with van der Waals surface area (Å²) < 4.78 is 5.47. The lowest BCUT2D eigenvalue weighted by molar-refractivity contribution is -0.137. The molecule has 4 nitrogen and oxygen atoms in total. The predicted octanol–water partition coefficient (Wildman–Crippen LogP) is 2.29. The molecule has 0 amide bonds. The van der Waals surface area contributed by atoms with E-state index in [1.54, 1.807) is 12.1 Å². The quantitative estimate of drug-likeness (QED) is 0.549. The van der Waals surface area contributed by atoms with Crippen LogP contribution in [0.4, 0.5) is 5.69 Å². The predicted molar refractivity (Wildman–Crippen MR) is 62.5 cm³/mol. The van der Waals surface area contributed by atoms with Gasteiger partial charge in [-0.25, -0.2) is 0 Å². The Bertz CT molecular complexity index is 339. The molecule has 88 valence electrons. The van der Waals surface area contributed by atoms with Crippen molar-refractivity contribution in [2.75, 3.05) is 12.3 Å². The maximum atomic E-state index is 10.2. The van der Waals surface area contributed by atoms with Crippen molar-refractivity contribution in [3.8, 4) is 5.75 Å². The summed E-state index contributed by atoms with van der Waals surface area (Å²) in [6.45, 7) is 0.600. The molecule has 0 aliphatic carbocycles. The zero-order valence-electron chi connectivity index (χ0n) is 9.19. The standard InChI is InChI=1S/C12H17NO3/c13-10-5-4-6-11(9-10)16-8-3-1-2-7-12(14)15/h4-6,9H,1-3,7-8,13H2,(H,14,15). The van der Waals surface area contributed by atoms with Crippen LogP contribution in [-0.4, -0.2) is 17.7 Å². The highest BCUT2D eigenvalue weighted by molar-refractivity contribution is 5.66. The third-order valence-electron chi connectivity index (χ3n) is 2.16. The van der Waals surface area contributed by atoms with Crippen molar-refractivity contribution >= 4 is 11.7 Å². The Morgan fingerprint density at radius 2 is 2.12 bits per heavy atom. The second kappa shape index (κ2) is 6.71. The van der Waals surface area contributed by atoms with Crippen molar-refractivity contribution in [2.45, 2.75) is 25.7 Å². The van der Waals surface area contributed by atoms with Gasteiger partial charge < -0.3 is 15.6 Å². The summed E-state index contributed by atoms with van der Waals surface area (Å²) in [5, 5.41) is 8.43. The number of carboxylic acids is 1. The summed E-state index contributed by atoms with van der Waals surface area (Å²) in [5.41, 5.74) is 6.28. The number of carboxylic acid groups (broad SMARTS) is 1. The Balaban J connectivity index is 2.09. The minimum absolute atomic E-state index is 0.234. The molecule has 0 saturated heterocycles. The summed E-state index contributed by atoms with van der Waals surface area (Å²) in [6.07, 6.45) is 2.67. The zero-order valence-corrected chi connectivity index (χ0v) is 9.19. The third-order valence-corrected chi connectivity index (χ3v) is 2.16. The van der Waals surface area contributed by atoms with Gasteiger partial charge in [0.15, 0.2) is 0 Å². The van der Waals surface area contributed by atoms with Gasteiger partial charge in [-0.05, 0) is 31.4 Å². The number of benzene rings is 1. The molecule has 0 bridgehead atoms. The van der Waals surface area contributed by atoms with E-state index in [1.807, 2.05) is 12.1 Å². The largest absolute Gasteiger partial charge is 0.494 e. The number of anilines is 1. The van der Waals surface area contributed by atoms with Crippen molar-refractivity contribution in [1.29, 1.82) is 0 Å². The summed E-state index contributed by atoms with van der Waals surface area (Å²) in [4.78, 5) is 10.2. The van der Waals surface area contributed by atoms with Crippen LogP contribution in [-0.2, 0) is 4.79 Å². The molecule has 0 unspecified atom stereocenters. The van der Waals surface area contributed by atoms with E-state index >= 15 is 0 Å². The highest BCUT2D eigenvalue weighted by atomic mass is 16.5. The van der Waals surface area contributed by atoms with Crippen molar-refractivity contribution in [2.24, 2.45) is 0 Å². The second-order valence-electron chi connectivity index (χ2n) is 3.63. The van der Waals surface area contributed by atoms with Gasteiger partial charge >= 0.3 is 5.97 Å². The Hall–Kier alpha value is -1.71. The number of hydrogen-bond acceptors (Lipinski definition) is 3. The molecule has 0 fully saturated rings. The number of hydrogen-bond donors (Lipinski definition) is 2. The fourth-order valence-corrected chi connectivity index (χ4v) is 1.35. The Morgan fingerprint density at radius 3 is 2.81 bits per heavy atom. The molecule has 16 heavy (non-hydrogen) atoms. The smallest absolute Gasteiger partial charge is 0.303 e. The average Bonchev–Trinajstić information content (AvgIpc) is 2.23. The molecule has 0 aromatic heterocycles. The molecule has 0 aliphatic rings. The van der Waals surface area contributed by atoms with Crippen LogP contribution < -0.4 is 10.5 Å². The van der Waals surface area contributed by atoms with Crippen molar-refractivity contribution in [1.82, 2.24) is 0 Å².